The van der Waals surface area contributed by atoms with Crippen LogP contribution in [0, 0.1) is 5.41 Å². The Bertz CT molecular complexity index is 1110. The molecule has 1 saturated heterocycles. The Morgan fingerprint density at radius 1 is 1.12 bits per heavy atom. The topological polar surface area (TPSA) is 166 Å². The molecule has 1 fully saturated rings. The number of amides is 2. The highest BCUT2D eigenvalue weighted by Crippen LogP contribution is 2.20. The fourth-order valence-electron chi connectivity index (χ4n) is 3.82. The molecule has 0 spiro atoms. The number of likely N-dealkylation sites (tertiary alicyclic amines) is 1. The second-order valence-corrected chi connectivity index (χ2v) is 9.04. The van der Waals surface area contributed by atoms with Gasteiger partial charge in [0.2, 0.25) is 11.8 Å². The molecule has 0 aromatic heterocycles. The number of nitrogens with two attached hydrogens (primary N) is 1. The first-order valence-corrected chi connectivity index (χ1v) is 11.9. The first-order chi connectivity index (χ1) is 15.6. The Balaban J connectivity index is 1.68. The Labute approximate surface area is 192 Å². The third-order valence-corrected chi connectivity index (χ3v) is 6.02. The summed E-state index contributed by atoms with van der Waals surface area (Å²) in [5.41, 5.74) is 7.53. The second kappa shape index (κ2) is 10.6. The Morgan fingerprint density at radius 3 is 2.39 bits per heavy atom. The van der Waals surface area contributed by atoms with Crippen molar-refractivity contribution in [3.63, 3.8) is 0 Å². The maximum atomic E-state index is 13.2. The van der Waals surface area contributed by atoms with Gasteiger partial charge in [-0.05, 0) is 30.4 Å². The molecule has 0 saturated carbocycles. The van der Waals surface area contributed by atoms with Crippen LogP contribution < -0.4 is 15.8 Å². The lowest BCUT2D eigenvalue weighted by molar-refractivity contribution is -0.139. The van der Waals surface area contributed by atoms with Gasteiger partial charge in [-0.1, -0.05) is 54.6 Å². The van der Waals surface area contributed by atoms with Crippen LogP contribution in [0.1, 0.15) is 29.5 Å². The average Bonchev–Trinajstić information content (AvgIpc) is 3.26. The van der Waals surface area contributed by atoms with Gasteiger partial charge in [0.25, 0.3) is 0 Å². The number of hydrogen-bond acceptors (Lipinski definition) is 5. The van der Waals surface area contributed by atoms with E-state index in [4.69, 9.17) is 11.1 Å². The lowest BCUT2D eigenvalue weighted by Crippen LogP contribution is -2.54. The zero-order chi connectivity index (χ0) is 24.0. The highest BCUT2D eigenvalue weighted by Gasteiger charge is 2.38. The molecule has 0 radical (unpaired) electrons. The molecule has 0 aliphatic carbocycles. The van der Waals surface area contributed by atoms with Gasteiger partial charge in [-0.15, -0.1) is 0 Å². The molecule has 2 atom stereocenters. The van der Waals surface area contributed by atoms with Crippen LogP contribution in [0.5, 0.6) is 0 Å². The van der Waals surface area contributed by atoms with Crippen LogP contribution in [0.2, 0.25) is 0 Å². The normalized spacial score (nSPS) is 16.9. The molecule has 1 aliphatic rings. The Kier molecular flexibility index (Phi) is 7.79. The molecule has 11 heteroatoms. The number of nitrogen functional groups attached to an aromatic ring is 1. The van der Waals surface area contributed by atoms with Gasteiger partial charge < -0.3 is 16.0 Å². The predicted octanol–water partition coefficient (Wildman–Crippen LogP) is 0.582. The van der Waals surface area contributed by atoms with Crippen LogP contribution in [0.25, 0.3) is 0 Å². The van der Waals surface area contributed by atoms with Gasteiger partial charge in [0.05, 0.1) is 0 Å². The summed E-state index contributed by atoms with van der Waals surface area (Å²) in [6.07, 6.45) is 1.08. The first kappa shape index (κ1) is 24.4. The predicted molar refractivity (Wildman–Crippen MR) is 123 cm³/mol. The van der Waals surface area contributed by atoms with Crippen molar-refractivity contribution >= 4 is 28.0 Å². The molecule has 0 bridgehead atoms. The van der Waals surface area contributed by atoms with Crippen molar-refractivity contribution in [3.05, 3.63) is 71.3 Å². The van der Waals surface area contributed by atoms with E-state index in [1.807, 2.05) is 4.72 Å². The number of carbonyl (C=O) groups is 2. The van der Waals surface area contributed by atoms with Gasteiger partial charge in [-0.3, -0.25) is 19.6 Å². The van der Waals surface area contributed by atoms with Crippen molar-refractivity contribution in [1.82, 2.24) is 14.9 Å². The van der Waals surface area contributed by atoms with Crippen LogP contribution in [0.4, 0.5) is 0 Å². The van der Waals surface area contributed by atoms with Crippen molar-refractivity contribution in [2.45, 2.75) is 37.9 Å². The van der Waals surface area contributed by atoms with Crippen molar-refractivity contribution in [2.75, 3.05) is 6.54 Å². The number of carbonyl (C=O) groups excluding carboxylic acids is 2. The summed E-state index contributed by atoms with van der Waals surface area (Å²) in [5.74, 6) is -0.962. The van der Waals surface area contributed by atoms with Gasteiger partial charge in [0.1, 0.15) is 17.9 Å². The molecule has 10 nitrogen and oxygen atoms in total. The highest BCUT2D eigenvalue weighted by atomic mass is 32.2. The molecule has 1 heterocycles. The maximum absolute atomic E-state index is 13.2. The van der Waals surface area contributed by atoms with Gasteiger partial charge in [-0.25, -0.2) is 0 Å². The molecule has 0 unspecified atom stereocenters. The smallest absolute Gasteiger partial charge is 0.334 e. The summed E-state index contributed by atoms with van der Waals surface area (Å²) in [6.45, 7) is 0.537. The summed E-state index contributed by atoms with van der Waals surface area (Å²) in [6, 6.07) is 13.7. The number of rotatable bonds is 9. The first-order valence-electron chi connectivity index (χ1n) is 10.4. The Morgan fingerprint density at radius 2 is 1.79 bits per heavy atom. The molecule has 2 aromatic carbocycles. The minimum Gasteiger partial charge on any atom is -0.384 e. The van der Waals surface area contributed by atoms with Crippen LogP contribution in [0.3, 0.4) is 0 Å². The number of benzene rings is 2. The van der Waals surface area contributed by atoms with E-state index in [1.165, 1.54) is 4.90 Å². The third-order valence-electron chi connectivity index (χ3n) is 5.44. The van der Waals surface area contributed by atoms with E-state index in [0.717, 1.165) is 5.56 Å². The number of nitrogens with zero attached hydrogens (tertiary/aromatic N) is 1. The van der Waals surface area contributed by atoms with Crippen molar-refractivity contribution < 1.29 is 22.6 Å². The summed E-state index contributed by atoms with van der Waals surface area (Å²) < 4.78 is 34.2. The molecule has 1 aliphatic heterocycles. The summed E-state index contributed by atoms with van der Waals surface area (Å²) in [5, 5.41) is 10.2. The molecule has 2 aromatic rings. The van der Waals surface area contributed by atoms with Crippen molar-refractivity contribution in [3.8, 4) is 0 Å². The highest BCUT2D eigenvalue weighted by molar-refractivity contribution is 7.83. The van der Waals surface area contributed by atoms with E-state index >= 15 is 0 Å². The van der Waals surface area contributed by atoms with E-state index in [2.05, 4.69) is 5.32 Å². The SMILES string of the molecule is N=C(N)c1ccc(CNC(=O)[C@@H]2CCCN2C(=O)[C@@H](Cc2ccccc2)NS(=O)(=O)O)cc1. The summed E-state index contributed by atoms with van der Waals surface area (Å²) >= 11 is 0. The molecule has 176 valence electrons. The molecular weight excluding hydrogens is 446 g/mol. The number of nitrogens with one attached hydrogen (secondary N) is 3. The monoisotopic (exact) mass is 473 g/mol. The van der Waals surface area contributed by atoms with Gasteiger partial charge in [-0.2, -0.15) is 13.1 Å². The fraction of sp³-hybridized carbons (Fsp3) is 0.318. The van der Waals surface area contributed by atoms with Gasteiger partial charge in [0.15, 0.2) is 0 Å². The minimum absolute atomic E-state index is 0.0345. The summed E-state index contributed by atoms with van der Waals surface area (Å²) in [4.78, 5) is 27.4. The van der Waals surface area contributed by atoms with Crippen molar-refractivity contribution in [1.29, 1.82) is 5.41 Å². The summed E-state index contributed by atoms with van der Waals surface area (Å²) in [7, 11) is -4.63. The van der Waals surface area contributed by atoms with Gasteiger partial charge >= 0.3 is 10.3 Å². The molecule has 6 N–H and O–H groups in total. The maximum Gasteiger partial charge on any atom is 0.334 e. The molecule has 3 rings (SSSR count). The van der Waals surface area contributed by atoms with Crippen LogP contribution in [0.15, 0.2) is 54.6 Å². The van der Waals surface area contributed by atoms with Crippen LogP contribution in [-0.4, -0.2) is 54.1 Å². The lowest BCUT2D eigenvalue weighted by atomic mass is 10.0. The van der Waals surface area contributed by atoms with E-state index in [-0.39, 0.29) is 24.7 Å². The second-order valence-electron chi connectivity index (χ2n) is 7.85. The standard InChI is InChI=1S/C22H27N5O5S/c23-20(24)17-10-8-16(9-11-17)14-25-21(28)19-7-4-12-27(19)22(29)18(26-33(30,31)32)13-15-5-2-1-3-6-15/h1-3,5-6,8-11,18-19,26H,4,7,12-14H2,(H3,23,24)(H,25,28)(H,30,31,32)/t18-,19+/m1/s1. The molecule has 2 amide bonds. The molecular formula is C22H27N5O5S. The van der Waals surface area contributed by atoms with Crippen LogP contribution in [-0.2, 0) is 32.9 Å². The average molecular weight is 474 g/mol. The fourth-order valence-corrected chi connectivity index (χ4v) is 4.37. The quantitative estimate of drug-likeness (QED) is 0.203. The number of amidine groups is 1. The number of hydrogen-bond donors (Lipinski definition) is 5. The van der Waals surface area contributed by atoms with Crippen LogP contribution >= 0.6 is 0 Å². The third kappa shape index (κ3) is 6.85. The van der Waals surface area contributed by atoms with E-state index in [0.29, 0.717) is 30.5 Å². The largest absolute Gasteiger partial charge is 0.384 e. The zero-order valence-electron chi connectivity index (χ0n) is 17.9. The lowest BCUT2D eigenvalue weighted by Gasteiger charge is -2.28. The minimum atomic E-state index is -4.63. The van der Waals surface area contributed by atoms with E-state index in [1.54, 1.807) is 54.6 Å². The van der Waals surface area contributed by atoms with E-state index in [9.17, 15) is 22.6 Å². The zero-order valence-corrected chi connectivity index (χ0v) is 18.7. The van der Waals surface area contributed by atoms with E-state index < -0.39 is 28.3 Å². The molecule has 33 heavy (non-hydrogen) atoms. The van der Waals surface area contributed by atoms with Gasteiger partial charge in [0, 0.05) is 18.7 Å². The Hall–Kier alpha value is -3.28. The van der Waals surface area contributed by atoms with Crippen molar-refractivity contribution in [2.24, 2.45) is 5.73 Å².